The summed E-state index contributed by atoms with van der Waals surface area (Å²) in [6.07, 6.45) is 4.17. The highest BCUT2D eigenvalue weighted by atomic mass is 15.2. The summed E-state index contributed by atoms with van der Waals surface area (Å²) in [4.78, 5) is 7.05. The molecule has 1 unspecified atom stereocenters. The van der Waals surface area contributed by atoms with Crippen molar-refractivity contribution in [1.82, 2.24) is 10.2 Å². The number of hydrogen-bond donors (Lipinski definition) is 1. The van der Waals surface area contributed by atoms with E-state index in [1.807, 2.05) is 6.08 Å². The van der Waals surface area contributed by atoms with E-state index in [1.54, 1.807) is 0 Å². The molecule has 0 spiro atoms. The molecule has 3 rings (SSSR count). The lowest BCUT2D eigenvalue weighted by Gasteiger charge is -2.36. The molecule has 0 saturated carbocycles. The summed E-state index contributed by atoms with van der Waals surface area (Å²) in [5, 5.41) is 3.37. The number of nitrogens with one attached hydrogen (secondary N) is 1. The minimum atomic E-state index is 0.451. The maximum atomic E-state index is 4.52. The van der Waals surface area contributed by atoms with Gasteiger partial charge in [0, 0.05) is 19.1 Å². The Morgan fingerprint density at radius 1 is 1.42 bits per heavy atom. The van der Waals surface area contributed by atoms with Gasteiger partial charge in [0.05, 0.1) is 13.1 Å². The summed E-state index contributed by atoms with van der Waals surface area (Å²) in [7, 11) is 0. The zero-order valence-electron chi connectivity index (χ0n) is 11.3. The van der Waals surface area contributed by atoms with E-state index in [0.29, 0.717) is 6.04 Å². The lowest BCUT2D eigenvalue weighted by molar-refractivity contribution is 0.213. The number of aliphatic imine (C=N–C) groups is 1. The lowest BCUT2D eigenvalue weighted by atomic mass is 9.90. The van der Waals surface area contributed by atoms with Crippen molar-refractivity contribution in [2.45, 2.75) is 18.9 Å². The number of amidine groups is 1. The van der Waals surface area contributed by atoms with Crippen LogP contribution in [-0.4, -0.2) is 36.9 Å². The molecule has 1 N–H and O–H groups in total. The van der Waals surface area contributed by atoms with Crippen LogP contribution in [0.2, 0.25) is 0 Å². The van der Waals surface area contributed by atoms with Gasteiger partial charge in [0.15, 0.2) is 0 Å². The molecule has 0 radical (unpaired) electrons. The number of nitrogens with zero attached hydrogens (tertiary/aromatic N) is 2. The van der Waals surface area contributed by atoms with Crippen LogP contribution in [-0.2, 0) is 6.42 Å². The van der Waals surface area contributed by atoms with E-state index in [9.17, 15) is 0 Å². The lowest BCUT2D eigenvalue weighted by Crippen LogP contribution is -2.41. The molecule has 19 heavy (non-hydrogen) atoms. The summed E-state index contributed by atoms with van der Waals surface area (Å²) in [6.45, 7) is 7.88. The highest BCUT2D eigenvalue weighted by Gasteiger charge is 2.27. The Labute approximate surface area is 115 Å². The smallest absolute Gasteiger partial charge is 0.111 e. The fourth-order valence-corrected chi connectivity index (χ4v) is 3.07. The number of fused-ring (bicyclic) bond motifs is 1. The molecule has 2 heterocycles. The molecule has 1 aromatic rings. The van der Waals surface area contributed by atoms with Crippen molar-refractivity contribution >= 4 is 5.84 Å². The predicted octanol–water partition coefficient (Wildman–Crippen LogP) is 2.16. The average molecular weight is 255 g/mol. The molecule has 1 aromatic carbocycles. The first kappa shape index (κ1) is 12.4. The molecule has 0 amide bonds. The van der Waals surface area contributed by atoms with Crippen LogP contribution in [0.15, 0.2) is 41.9 Å². The number of benzene rings is 1. The maximum Gasteiger partial charge on any atom is 0.111 e. The van der Waals surface area contributed by atoms with Crippen LogP contribution in [0.5, 0.6) is 0 Å². The second-order valence-corrected chi connectivity index (χ2v) is 5.21. The van der Waals surface area contributed by atoms with Crippen molar-refractivity contribution in [2.75, 3.05) is 26.2 Å². The maximum absolute atomic E-state index is 4.52. The molecule has 0 aromatic heterocycles. The SMILES string of the molecule is C=CCC1c2ccccc2CCN1CC1=NCCN1. The summed E-state index contributed by atoms with van der Waals surface area (Å²) < 4.78 is 0. The van der Waals surface area contributed by atoms with E-state index in [-0.39, 0.29) is 0 Å². The van der Waals surface area contributed by atoms with Crippen LogP contribution in [0.1, 0.15) is 23.6 Å². The van der Waals surface area contributed by atoms with Crippen molar-refractivity contribution in [3.05, 3.63) is 48.0 Å². The average Bonchev–Trinajstić information content (AvgIpc) is 2.94. The first-order valence-electron chi connectivity index (χ1n) is 7.08. The Kier molecular flexibility index (Phi) is 3.65. The zero-order valence-corrected chi connectivity index (χ0v) is 11.3. The van der Waals surface area contributed by atoms with Crippen molar-refractivity contribution in [1.29, 1.82) is 0 Å². The van der Waals surface area contributed by atoms with Gasteiger partial charge in [-0.25, -0.2) is 0 Å². The molecule has 3 heteroatoms. The fraction of sp³-hybridized carbons (Fsp3) is 0.438. The third-order valence-electron chi connectivity index (χ3n) is 4.01. The van der Waals surface area contributed by atoms with E-state index < -0.39 is 0 Å². The number of rotatable bonds is 4. The van der Waals surface area contributed by atoms with Crippen LogP contribution in [0.4, 0.5) is 0 Å². The van der Waals surface area contributed by atoms with Crippen LogP contribution >= 0.6 is 0 Å². The first-order chi connectivity index (χ1) is 9.38. The van der Waals surface area contributed by atoms with Gasteiger partial charge in [-0.15, -0.1) is 6.58 Å². The Hall–Kier alpha value is -1.61. The van der Waals surface area contributed by atoms with Gasteiger partial charge in [-0.2, -0.15) is 0 Å². The first-order valence-corrected chi connectivity index (χ1v) is 7.08. The summed E-state index contributed by atoms with van der Waals surface area (Å²) in [6, 6.07) is 9.26. The second kappa shape index (κ2) is 5.57. The zero-order chi connectivity index (χ0) is 13.1. The summed E-state index contributed by atoms with van der Waals surface area (Å²) >= 11 is 0. The largest absolute Gasteiger partial charge is 0.371 e. The normalized spacial score (nSPS) is 22.5. The third kappa shape index (κ3) is 2.56. The molecular formula is C16H21N3. The van der Waals surface area contributed by atoms with Gasteiger partial charge in [0.2, 0.25) is 0 Å². The molecule has 3 nitrogen and oxygen atoms in total. The molecule has 2 aliphatic heterocycles. The van der Waals surface area contributed by atoms with Crippen LogP contribution < -0.4 is 5.32 Å². The molecule has 0 saturated heterocycles. The van der Waals surface area contributed by atoms with E-state index in [1.165, 1.54) is 11.1 Å². The van der Waals surface area contributed by atoms with E-state index in [2.05, 4.69) is 46.1 Å². The topological polar surface area (TPSA) is 27.6 Å². The standard InChI is InChI=1S/C16H21N3/c1-2-5-15-14-7-4-3-6-13(14)8-11-19(15)12-16-17-9-10-18-16/h2-4,6-7,15H,1,5,8-12H2,(H,17,18). The molecule has 2 aliphatic rings. The van der Waals surface area contributed by atoms with Gasteiger partial charge in [-0.05, 0) is 24.0 Å². The van der Waals surface area contributed by atoms with Crippen molar-refractivity contribution in [3.63, 3.8) is 0 Å². The molecular weight excluding hydrogens is 234 g/mol. The summed E-state index contributed by atoms with van der Waals surface area (Å²) in [5.74, 6) is 1.15. The van der Waals surface area contributed by atoms with Gasteiger partial charge in [0.1, 0.15) is 5.84 Å². The summed E-state index contributed by atoms with van der Waals surface area (Å²) in [5.41, 5.74) is 2.96. The Balaban J connectivity index is 1.82. The van der Waals surface area contributed by atoms with Crippen LogP contribution in [0.25, 0.3) is 0 Å². The van der Waals surface area contributed by atoms with Gasteiger partial charge in [-0.3, -0.25) is 9.89 Å². The van der Waals surface area contributed by atoms with Gasteiger partial charge < -0.3 is 5.32 Å². The van der Waals surface area contributed by atoms with Gasteiger partial charge in [-0.1, -0.05) is 30.3 Å². The second-order valence-electron chi connectivity index (χ2n) is 5.21. The highest BCUT2D eigenvalue weighted by molar-refractivity contribution is 5.85. The predicted molar refractivity (Wildman–Crippen MR) is 79.6 cm³/mol. The Morgan fingerprint density at radius 3 is 3.11 bits per heavy atom. The molecule has 0 bridgehead atoms. The minimum absolute atomic E-state index is 0.451. The van der Waals surface area contributed by atoms with Crippen molar-refractivity contribution in [2.24, 2.45) is 4.99 Å². The molecule has 0 aliphatic carbocycles. The van der Waals surface area contributed by atoms with Crippen molar-refractivity contribution in [3.8, 4) is 0 Å². The Morgan fingerprint density at radius 2 is 2.32 bits per heavy atom. The van der Waals surface area contributed by atoms with E-state index >= 15 is 0 Å². The molecule has 1 atom stereocenters. The molecule has 0 fully saturated rings. The minimum Gasteiger partial charge on any atom is -0.371 e. The van der Waals surface area contributed by atoms with Gasteiger partial charge >= 0.3 is 0 Å². The monoisotopic (exact) mass is 255 g/mol. The quantitative estimate of drug-likeness (QED) is 0.835. The van der Waals surface area contributed by atoms with E-state index in [4.69, 9.17) is 0 Å². The van der Waals surface area contributed by atoms with Crippen LogP contribution in [0, 0.1) is 0 Å². The third-order valence-corrected chi connectivity index (χ3v) is 4.01. The molecule has 100 valence electrons. The van der Waals surface area contributed by atoms with Gasteiger partial charge in [0.25, 0.3) is 0 Å². The van der Waals surface area contributed by atoms with E-state index in [0.717, 1.165) is 44.9 Å². The fourth-order valence-electron chi connectivity index (χ4n) is 3.07. The van der Waals surface area contributed by atoms with Crippen LogP contribution in [0.3, 0.4) is 0 Å². The van der Waals surface area contributed by atoms with Crippen molar-refractivity contribution < 1.29 is 0 Å². The highest BCUT2D eigenvalue weighted by Crippen LogP contribution is 2.32. The Bertz CT molecular complexity index is 493. The number of hydrogen-bond acceptors (Lipinski definition) is 3.